The Bertz CT molecular complexity index is 553. The van der Waals surface area contributed by atoms with E-state index in [9.17, 15) is 10.1 Å². The van der Waals surface area contributed by atoms with Gasteiger partial charge in [-0.25, -0.2) is 0 Å². The molecule has 1 aromatic carbocycles. The fourth-order valence-corrected chi connectivity index (χ4v) is 3.88. The number of nitrogens with one attached hydrogen (secondary N) is 1. The second-order valence-corrected chi connectivity index (χ2v) is 6.75. The van der Waals surface area contributed by atoms with Gasteiger partial charge in [0.25, 0.3) is 5.69 Å². The lowest BCUT2D eigenvalue weighted by Gasteiger charge is -2.44. The molecule has 5 nitrogen and oxygen atoms in total. The first kappa shape index (κ1) is 15.6. The molecule has 2 aliphatic rings. The van der Waals surface area contributed by atoms with Gasteiger partial charge in [-0.3, -0.25) is 10.1 Å². The number of hydrogen-bond donors (Lipinski definition) is 1. The summed E-state index contributed by atoms with van der Waals surface area (Å²) in [4.78, 5) is 10.3. The van der Waals surface area contributed by atoms with Gasteiger partial charge in [0.1, 0.15) is 0 Å². The van der Waals surface area contributed by atoms with Gasteiger partial charge in [-0.1, -0.05) is 30.9 Å². The van der Waals surface area contributed by atoms with Gasteiger partial charge in [0.05, 0.1) is 21.2 Å². The summed E-state index contributed by atoms with van der Waals surface area (Å²) in [5, 5.41) is 14.6. The molecule has 0 amide bonds. The van der Waals surface area contributed by atoms with Crippen LogP contribution in [-0.2, 0) is 4.74 Å². The van der Waals surface area contributed by atoms with Crippen LogP contribution in [0.15, 0.2) is 18.2 Å². The van der Waals surface area contributed by atoms with E-state index in [-0.39, 0.29) is 11.3 Å². The van der Waals surface area contributed by atoms with Gasteiger partial charge in [-0.15, -0.1) is 0 Å². The van der Waals surface area contributed by atoms with Crippen LogP contribution in [-0.4, -0.2) is 23.2 Å². The van der Waals surface area contributed by atoms with Gasteiger partial charge in [0.15, 0.2) is 0 Å². The molecular formula is C16H21ClN2O3. The van der Waals surface area contributed by atoms with Gasteiger partial charge in [-0.05, 0) is 31.7 Å². The molecular weight excluding hydrogens is 304 g/mol. The molecule has 1 aliphatic carbocycles. The van der Waals surface area contributed by atoms with Crippen molar-refractivity contribution in [3.8, 4) is 0 Å². The first-order valence-electron chi connectivity index (χ1n) is 7.92. The van der Waals surface area contributed by atoms with Crippen molar-refractivity contribution >= 4 is 23.0 Å². The maximum Gasteiger partial charge on any atom is 0.271 e. The van der Waals surface area contributed by atoms with Crippen molar-refractivity contribution in [1.29, 1.82) is 0 Å². The van der Waals surface area contributed by atoms with Gasteiger partial charge in [0.2, 0.25) is 0 Å². The Kier molecular flexibility index (Phi) is 4.54. The summed E-state index contributed by atoms with van der Waals surface area (Å²) in [6.07, 6.45) is 7.99. The van der Waals surface area contributed by atoms with Crippen LogP contribution in [0.25, 0.3) is 0 Å². The number of hydrogen-bond acceptors (Lipinski definition) is 4. The third kappa shape index (κ3) is 3.36. The van der Waals surface area contributed by atoms with E-state index >= 15 is 0 Å². The number of benzene rings is 1. The number of halogens is 1. The van der Waals surface area contributed by atoms with Crippen molar-refractivity contribution in [2.45, 2.75) is 56.6 Å². The van der Waals surface area contributed by atoms with Gasteiger partial charge in [0, 0.05) is 24.8 Å². The Morgan fingerprint density at radius 3 is 2.77 bits per heavy atom. The fourth-order valence-electron chi connectivity index (χ4n) is 3.65. The van der Waals surface area contributed by atoms with E-state index in [1.165, 1.54) is 31.4 Å². The van der Waals surface area contributed by atoms with E-state index in [0.717, 1.165) is 38.0 Å². The highest BCUT2D eigenvalue weighted by atomic mass is 35.5. The largest absolute Gasteiger partial charge is 0.381 e. The molecule has 1 N–H and O–H groups in total. The molecule has 1 heterocycles. The number of non-ortho nitro benzene ring substituents is 1. The Morgan fingerprint density at radius 2 is 2.09 bits per heavy atom. The van der Waals surface area contributed by atoms with E-state index in [1.54, 1.807) is 6.07 Å². The second kappa shape index (κ2) is 6.42. The Balaban J connectivity index is 1.69. The third-order valence-corrected chi connectivity index (χ3v) is 5.09. The predicted molar refractivity (Wildman–Crippen MR) is 86.5 cm³/mol. The minimum atomic E-state index is -0.429. The Hall–Kier alpha value is -1.33. The molecule has 120 valence electrons. The van der Waals surface area contributed by atoms with Gasteiger partial charge in [-0.2, -0.15) is 0 Å². The predicted octanol–water partition coefficient (Wildman–Crippen LogP) is 4.54. The normalized spacial score (nSPS) is 24.1. The van der Waals surface area contributed by atoms with E-state index in [4.69, 9.17) is 16.3 Å². The topological polar surface area (TPSA) is 64.4 Å². The van der Waals surface area contributed by atoms with Crippen LogP contribution < -0.4 is 5.32 Å². The minimum Gasteiger partial charge on any atom is -0.381 e. The van der Waals surface area contributed by atoms with Gasteiger partial charge < -0.3 is 10.1 Å². The zero-order valence-electron chi connectivity index (χ0n) is 12.5. The van der Waals surface area contributed by atoms with E-state index < -0.39 is 4.92 Å². The first-order chi connectivity index (χ1) is 10.6. The lowest BCUT2D eigenvalue weighted by molar-refractivity contribution is -0.384. The first-order valence-corrected chi connectivity index (χ1v) is 8.30. The number of rotatable bonds is 3. The molecule has 0 aromatic heterocycles. The maximum absolute atomic E-state index is 10.8. The summed E-state index contributed by atoms with van der Waals surface area (Å²) >= 11 is 6.17. The monoisotopic (exact) mass is 324 g/mol. The van der Waals surface area contributed by atoms with Gasteiger partial charge >= 0.3 is 0 Å². The van der Waals surface area contributed by atoms with Crippen molar-refractivity contribution < 1.29 is 9.66 Å². The highest BCUT2D eigenvalue weighted by molar-refractivity contribution is 6.33. The van der Waals surface area contributed by atoms with Crippen molar-refractivity contribution in [2.75, 3.05) is 11.9 Å². The number of nitro benzene ring substituents is 1. The summed E-state index contributed by atoms with van der Waals surface area (Å²) in [5.74, 6) is 0. The number of anilines is 1. The van der Waals surface area contributed by atoms with E-state index in [1.807, 2.05) is 0 Å². The summed E-state index contributed by atoms with van der Waals surface area (Å²) in [5.41, 5.74) is 0.818. The number of nitro groups is 1. The summed E-state index contributed by atoms with van der Waals surface area (Å²) in [6.45, 7) is 0.766. The molecule has 0 radical (unpaired) electrons. The highest BCUT2D eigenvalue weighted by Gasteiger charge is 2.38. The Morgan fingerprint density at radius 1 is 1.32 bits per heavy atom. The fraction of sp³-hybridized carbons (Fsp3) is 0.625. The Labute approximate surface area is 135 Å². The van der Waals surface area contributed by atoms with Crippen LogP contribution in [0.2, 0.25) is 5.02 Å². The van der Waals surface area contributed by atoms with Crippen molar-refractivity contribution in [3.63, 3.8) is 0 Å². The van der Waals surface area contributed by atoms with Crippen molar-refractivity contribution in [2.24, 2.45) is 0 Å². The lowest BCUT2D eigenvalue weighted by atomic mass is 9.78. The molecule has 1 spiro atoms. The molecule has 22 heavy (non-hydrogen) atoms. The SMILES string of the molecule is O=[N+]([O-])c1ccc(NC2CCOC3(CCCCC3)C2)c(Cl)c1. The summed E-state index contributed by atoms with van der Waals surface area (Å²) in [6, 6.07) is 4.90. The van der Waals surface area contributed by atoms with Crippen LogP contribution >= 0.6 is 11.6 Å². The summed E-state index contributed by atoms with van der Waals surface area (Å²) in [7, 11) is 0. The van der Waals surface area contributed by atoms with Crippen LogP contribution in [0, 0.1) is 10.1 Å². The molecule has 1 saturated heterocycles. The molecule has 3 rings (SSSR count). The molecule has 1 atom stereocenters. The van der Waals surface area contributed by atoms with E-state index in [2.05, 4.69) is 5.32 Å². The van der Waals surface area contributed by atoms with Crippen LogP contribution in [0.4, 0.5) is 11.4 Å². The molecule has 1 unspecified atom stereocenters. The van der Waals surface area contributed by atoms with Crippen LogP contribution in [0.3, 0.4) is 0 Å². The quantitative estimate of drug-likeness (QED) is 0.654. The molecule has 1 aliphatic heterocycles. The smallest absolute Gasteiger partial charge is 0.271 e. The van der Waals surface area contributed by atoms with E-state index in [0.29, 0.717) is 11.1 Å². The number of ether oxygens (including phenoxy) is 1. The average Bonchev–Trinajstić information content (AvgIpc) is 2.50. The zero-order valence-corrected chi connectivity index (χ0v) is 13.3. The molecule has 2 fully saturated rings. The summed E-state index contributed by atoms with van der Waals surface area (Å²) < 4.78 is 6.09. The van der Waals surface area contributed by atoms with Crippen LogP contribution in [0.1, 0.15) is 44.9 Å². The standard InChI is InChI=1S/C16H21ClN2O3/c17-14-10-13(19(20)21)4-5-15(14)18-12-6-9-22-16(11-12)7-2-1-3-8-16/h4-5,10,12,18H,1-3,6-9,11H2. The molecule has 1 aromatic rings. The van der Waals surface area contributed by atoms with Crippen molar-refractivity contribution in [3.05, 3.63) is 33.3 Å². The lowest BCUT2D eigenvalue weighted by Crippen LogP contribution is -2.45. The molecule has 1 saturated carbocycles. The third-order valence-electron chi connectivity index (χ3n) is 4.78. The molecule has 6 heteroatoms. The second-order valence-electron chi connectivity index (χ2n) is 6.35. The zero-order chi connectivity index (χ0) is 15.6. The maximum atomic E-state index is 10.8. The van der Waals surface area contributed by atoms with Crippen LogP contribution in [0.5, 0.6) is 0 Å². The van der Waals surface area contributed by atoms with Crippen molar-refractivity contribution in [1.82, 2.24) is 0 Å². The highest BCUT2D eigenvalue weighted by Crippen LogP contribution is 2.39. The minimum absolute atomic E-state index is 0.0197. The average molecular weight is 325 g/mol. The molecule has 0 bridgehead atoms. The number of nitrogens with zero attached hydrogens (tertiary/aromatic N) is 1.